The molecule has 4 aromatic rings. The topological polar surface area (TPSA) is 73.1 Å². The Balaban J connectivity index is 1.77. The largest absolute Gasteiger partial charge is 0.418 e. The lowest BCUT2D eigenvalue weighted by Crippen LogP contribution is -2.10. The number of benzene rings is 2. The average Bonchev–Trinajstić information content (AvgIpc) is 3.08. The normalized spacial score (nSPS) is 12.3. The molecule has 0 saturated carbocycles. The van der Waals surface area contributed by atoms with Crippen LogP contribution in [0.15, 0.2) is 48.7 Å². The zero-order valence-electron chi connectivity index (χ0n) is 15.2. The second kappa shape index (κ2) is 7.73. The van der Waals surface area contributed by atoms with Gasteiger partial charge in [-0.2, -0.15) is 4.98 Å². The standard InChI is InChI=1S/C20H15ClF2N4O2/c1-2-27-18-15(25-19(27)16(28)11-6-3-4-7-12(11)21)10-24-20(26-18)29-17-13(22)8-5-9-14(17)23/h3-10,16,28H,2H2,1H3. The first-order valence-corrected chi connectivity index (χ1v) is 9.15. The van der Waals surface area contributed by atoms with E-state index >= 15 is 0 Å². The molecule has 6 nitrogen and oxygen atoms in total. The van der Waals surface area contributed by atoms with E-state index in [9.17, 15) is 13.9 Å². The van der Waals surface area contributed by atoms with Gasteiger partial charge in [-0.3, -0.25) is 0 Å². The number of fused-ring (bicyclic) bond motifs is 1. The van der Waals surface area contributed by atoms with Crippen molar-refractivity contribution in [3.63, 3.8) is 0 Å². The smallest absolute Gasteiger partial charge is 0.324 e. The van der Waals surface area contributed by atoms with Crippen LogP contribution in [0.4, 0.5) is 8.78 Å². The molecule has 0 aliphatic heterocycles. The number of halogens is 3. The van der Waals surface area contributed by atoms with E-state index in [1.54, 1.807) is 28.8 Å². The molecule has 0 bridgehead atoms. The van der Waals surface area contributed by atoms with E-state index in [0.29, 0.717) is 34.1 Å². The van der Waals surface area contributed by atoms with Gasteiger partial charge in [-0.05, 0) is 25.1 Å². The lowest BCUT2D eigenvalue weighted by atomic mass is 10.1. The van der Waals surface area contributed by atoms with E-state index in [1.807, 2.05) is 6.92 Å². The Bertz CT molecular complexity index is 1180. The lowest BCUT2D eigenvalue weighted by Gasteiger charge is -2.13. The van der Waals surface area contributed by atoms with Gasteiger partial charge in [-0.15, -0.1) is 0 Å². The van der Waals surface area contributed by atoms with Crippen molar-refractivity contribution in [1.82, 2.24) is 19.5 Å². The first-order chi connectivity index (χ1) is 14.0. The van der Waals surface area contributed by atoms with Gasteiger partial charge in [0.2, 0.25) is 5.75 Å². The number of para-hydroxylation sites is 1. The highest BCUT2D eigenvalue weighted by atomic mass is 35.5. The summed E-state index contributed by atoms with van der Waals surface area (Å²) in [5.41, 5.74) is 1.25. The number of aliphatic hydroxyl groups is 1. The van der Waals surface area contributed by atoms with Crippen molar-refractivity contribution in [1.29, 1.82) is 0 Å². The van der Waals surface area contributed by atoms with Gasteiger partial charge < -0.3 is 14.4 Å². The summed E-state index contributed by atoms with van der Waals surface area (Å²) in [6.45, 7) is 2.28. The summed E-state index contributed by atoms with van der Waals surface area (Å²) in [6, 6.07) is 10.0. The molecule has 9 heteroatoms. The summed E-state index contributed by atoms with van der Waals surface area (Å²) < 4.78 is 34.6. The van der Waals surface area contributed by atoms with Gasteiger partial charge in [0.15, 0.2) is 17.3 Å². The summed E-state index contributed by atoms with van der Waals surface area (Å²) in [6.07, 6.45) is 0.275. The van der Waals surface area contributed by atoms with Crippen LogP contribution < -0.4 is 4.74 Å². The molecule has 0 aliphatic carbocycles. The maximum absolute atomic E-state index is 13.8. The van der Waals surface area contributed by atoms with Crippen LogP contribution in [-0.4, -0.2) is 24.6 Å². The van der Waals surface area contributed by atoms with Crippen molar-refractivity contribution in [2.24, 2.45) is 0 Å². The molecule has 0 saturated heterocycles. The summed E-state index contributed by atoms with van der Waals surface area (Å²) in [7, 11) is 0. The van der Waals surface area contributed by atoms with E-state index < -0.39 is 23.5 Å². The van der Waals surface area contributed by atoms with E-state index in [1.165, 1.54) is 12.3 Å². The Morgan fingerprint density at radius 1 is 1.10 bits per heavy atom. The van der Waals surface area contributed by atoms with Crippen molar-refractivity contribution in [2.75, 3.05) is 0 Å². The quantitative estimate of drug-likeness (QED) is 0.512. The lowest BCUT2D eigenvalue weighted by molar-refractivity contribution is 0.205. The minimum Gasteiger partial charge on any atom is -0.418 e. The fourth-order valence-corrected chi connectivity index (χ4v) is 3.24. The molecule has 0 fully saturated rings. The molecule has 2 aromatic carbocycles. The minimum absolute atomic E-state index is 0.241. The third-order valence-electron chi connectivity index (χ3n) is 4.37. The number of rotatable bonds is 5. The highest BCUT2D eigenvalue weighted by Gasteiger charge is 2.23. The predicted octanol–water partition coefficient (Wildman–Crippen LogP) is 4.65. The summed E-state index contributed by atoms with van der Waals surface area (Å²) in [5.74, 6) is -2.01. The molecule has 4 rings (SSSR count). The van der Waals surface area contributed by atoms with Crippen LogP contribution >= 0.6 is 11.6 Å². The summed E-state index contributed by atoms with van der Waals surface area (Å²) in [4.78, 5) is 12.6. The van der Waals surface area contributed by atoms with Gasteiger partial charge in [0.05, 0.1) is 6.20 Å². The van der Waals surface area contributed by atoms with Crippen LogP contribution in [0.25, 0.3) is 11.2 Å². The molecule has 2 aromatic heterocycles. The van der Waals surface area contributed by atoms with Gasteiger partial charge in [-0.25, -0.2) is 18.7 Å². The van der Waals surface area contributed by atoms with Crippen LogP contribution in [0.5, 0.6) is 11.8 Å². The van der Waals surface area contributed by atoms with Crippen LogP contribution in [0.1, 0.15) is 24.4 Å². The molecule has 1 atom stereocenters. The Labute approximate surface area is 169 Å². The molecule has 2 heterocycles. The molecule has 0 spiro atoms. The molecule has 0 amide bonds. The zero-order valence-corrected chi connectivity index (χ0v) is 15.9. The first-order valence-electron chi connectivity index (χ1n) is 8.77. The van der Waals surface area contributed by atoms with E-state index in [4.69, 9.17) is 16.3 Å². The minimum atomic E-state index is -1.09. The Hall–Kier alpha value is -3.10. The first kappa shape index (κ1) is 19.2. The van der Waals surface area contributed by atoms with Crippen LogP contribution in [0, 0.1) is 11.6 Å². The van der Waals surface area contributed by atoms with Crippen LogP contribution in [-0.2, 0) is 6.54 Å². The number of imidazole rings is 1. The van der Waals surface area contributed by atoms with Gasteiger partial charge in [0.25, 0.3) is 0 Å². The van der Waals surface area contributed by atoms with Crippen LogP contribution in [0.2, 0.25) is 5.02 Å². The molecule has 0 radical (unpaired) electrons. The Kier molecular flexibility index (Phi) is 5.12. The fourth-order valence-electron chi connectivity index (χ4n) is 3.00. The molecule has 29 heavy (non-hydrogen) atoms. The average molecular weight is 417 g/mol. The van der Waals surface area contributed by atoms with E-state index in [-0.39, 0.29) is 6.01 Å². The van der Waals surface area contributed by atoms with Crippen molar-refractivity contribution in [2.45, 2.75) is 19.6 Å². The SMILES string of the molecule is CCn1c(C(O)c2ccccc2Cl)nc2cnc(Oc3c(F)cccc3F)nc21. The molecular formula is C20H15ClF2N4O2. The molecular weight excluding hydrogens is 402 g/mol. The van der Waals surface area contributed by atoms with Gasteiger partial charge in [-0.1, -0.05) is 35.9 Å². The number of ether oxygens (including phenoxy) is 1. The third kappa shape index (κ3) is 3.52. The van der Waals surface area contributed by atoms with Crippen LogP contribution in [0.3, 0.4) is 0 Å². The highest BCUT2D eigenvalue weighted by Crippen LogP contribution is 2.31. The van der Waals surface area contributed by atoms with Crippen molar-refractivity contribution < 1.29 is 18.6 Å². The maximum Gasteiger partial charge on any atom is 0.324 e. The third-order valence-corrected chi connectivity index (χ3v) is 4.71. The van der Waals surface area contributed by atoms with Gasteiger partial charge in [0, 0.05) is 17.1 Å². The fraction of sp³-hybridized carbons (Fsp3) is 0.150. The molecule has 0 aliphatic rings. The Morgan fingerprint density at radius 3 is 2.52 bits per heavy atom. The second-order valence-electron chi connectivity index (χ2n) is 6.15. The highest BCUT2D eigenvalue weighted by molar-refractivity contribution is 6.31. The van der Waals surface area contributed by atoms with Gasteiger partial charge in [0.1, 0.15) is 17.4 Å². The number of aromatic nitrogens is 4. The Morgan fingerprint density at radius 2 is 1.83 bits per heavy atom. The maximum atomic E-state index is 13.8. The molecule has 148 valence electrons. The number of aryl methyl sites for hydroxylation is 1. The number of hydrogen-bond acceptors (Lipinski definition) is 5. The second-order valence-corrected chi connectivity index (χ2v) is 6.56. The number of hydrogen-bond donors (Lipinski definition) is 1. The predicted molar refractivity (Wildman–Crippen MR) is 103 cm³/mol. The number of aliphatic hydroxyl groups excluding tert-OH is 1. The monoisotopic (exact) mass is 416 g/mol. The van der Waals surface area contributed by atoms with E-state index in [0.717, 1.165) is 12.1 Å². The van der Waals surface area contributed by atoms with E-state index in [2.05, 4.69) is 15.0 Å². The van der Waals surface area contributed by atoms with Gasteiger partial charge >= 0.3 is 6.01 Å². The van der Waals surface area contributed by atoms with Crippen molar-refractivity contribution in [3.8, 4) is 11.8 Å². The summed E-state index contributed by atoms with van der Waals surface area (Å²) in [5, 5.41) is 11.2. The molecule has 1 N–H and O–H groups in total. The zero-order chi connectivity index (χ0) is 20.5. The van der Waals surface area contributed by atoms with Crippen molar-refractivity contribution >= 4 is 22.8 Å². The summed E-state index contributed by atoms with van der Waals surface area (Å²) >= 11 is 6.19. The molecule has 1 unspecified atom stereocenters. The van der Waals surface area contributed by atoms with Crippen molar-refractivity contribution in [3.05, 3.63) is 76.7 Å². The number of nitrogens with zero attached hydrogens (tertiary/aromatic N) is 4.